The van der Waals surface area contributed by atoms with Crippen molar-refractivity contribution in [1.29, 1.82) is 0 Å². The number of aliphatic hydroxyl groups is 1. The Morgan fingerprint density at radius 1 is 1.25 bits per heavy atom. The van der Waals surface area contributed by atoms with Crippen LogP contribution in [0.1, 0.15) is 33.9 Å². The van der Waals surface area contributed by atoms with Crippen LogP contribution in [0.2, 0.25) is 0 Å². The van der Waals surface area contributed by atoms with Crippen molar-refractivity contribution in [1.82, 2.24) is 14.9 Å². The second-order valence-corrected chi connectivity index (χ2v) is 5.61. The molecular weight excluding hydrogens is 323 g/mol. The normalized spacial score (nSPS) is 21.1. The maximum absolute atomic E-state index is 12.9. The maximum atomic E-state index is 12.9. The van der Waals surface area contributed by atoms with Gasteiger partial charge in [0.05, 0.1) is 23.3 Å². The molecule has 2 atom stereocenters. The van der Waals surface area contributed by atoms with Gasteiger partial charge in [-0.05, 0) is 24.1 Å². The van der Waals surface area contributed by atoms with Gasteiger partial charge >= 0.3 is 6.18 Å². The average molecular weight is 337 g/mol. The zero-order valence-electron chi connectivity index (χ0n) is 12.4. The van der Waals surface area contributed by atoms with Crippen LogP contribution in [-0.4, -0.2) is 38.5 Å². The molecule has 1 aromatic heterocycles. The van der Waals surface area contributed by atoms with Crippen LogP contribution in [0, 0.1) is 0 Å². The summed E-state index contributed by atoms with van der Waals surface area (Å²) in [5, 5.41) is 9.91. The predicted molar refractivity (Wildman–Crippen MR) is 77.9 cm³/mol. The number of benzene rings is 1. The minimum atomic E-state index is -4.46. The summed E-state index contributed by atoms with van der Waals surface area (Å²) in [5.74, 6) is -0.422. The van der Waals surface area contributed by atoms with E-state index in [1.54, 1.807) is 0 Å². The fraction of sp³-hybridized carbons (Fsp3) is 0.312. The summed E-state index contributed by atoms with van der Waals surface area (Å²) in [6, 6.07) is 4.20. The molecule has 0 aliphatic carbocycles. The van der Waals surface area contributed by atoms with E-state index in [0.29, 0.717) is 5.56 Å². The number of aromatic nitrogens is 2. The Balaban J connectivity index is 1.93. The molecule has 8 heteroatoms. The Morgan fingerprint density at radius 3 is 2.62 bits per heavy atom. The number of likely N-dealkylation sites (tertiary alicyclic amines) is 1. The van der Waals surface area contributed by atoms with E-state index in [4.69, 9.17) is 0 Å². The second-order valence-electron chi connectivity index (χ2n) is 5.61. The van der Waals surface area contributed by atoms with E-state index >= 15 is 0 Å². The third kappa shape index (κ3) is 3.23. The Hall–Kier alpha value is -2.48. The molecule has 0 spiro atoms. The summed E-state index contributed by atoms with van der Waals surface area (Å²) in [5.41, 5.74) is -0.216. The van der Waals surface area contributed by atoms with Crippen molar-refractivity contribution in [3.8, 4) is 0 Å². The minimum absolute atomic E-state index is 0.0502. The molecule has 0 saturated carbocycles. The minimum Gasteiger partial charge on any atom is -0.391 e. The summed E-state index contributed by atoms with van der Waals surface area (Å²) in [4.78, 5) is 21.5. The third-order valence-electron chi connectivity index (χ3n) is 3.95. The van der Waals surface area contributed by atoms with Crippen molar-refractivity contribution in [2.45, 2.75) is 24.7 Å². The molecule has 2 heterocycles. The monoisotopic (exact) mass is 337 g/mol. The van der Waals surface area contributed by atoms with Crippen LogP contribution in [0.5, 0.6) is 0 Å². The van der Waals surface area contributed by atoms with Gasteiger partial charge < -0.3 is 10.0 Å². The number of aliphatic hydroxyl groups excluding tert-OH is 1. The van der Waals surface area contributed by atoms with E-state index in [2.05, 4.69) is 9.97 Å². The lowest BCUT2D eigenvalue weighted by molar-refractivity contribution is -0.137. The van der Waals surface area contributed by atoms with E-state index in [1.165, 1.54) is 35.8 Å². The van der Waals surface area contributed by atoms with Crippen molar-refractivity contribution >= 4 is 5.91 Å². The average Bonchev–Trinajstić information content (AvgIpc) is 2.96. The van der Waals surface area contributed by atoms with Crippen molar-refractivity contribution in [3.63, 3.8) is 0 Å². The fourth-order valence-electron chi connectivity index (χ4n) is 2.85. The van der Waals surface area contributed by atoms with E-state index in [9.17, 15) is 23.1 Å². The number of carbonyl (C=O) groups excluding carboxylic acids is 1. The Kier molecular flexibility index (Phi) is 4.23. The second kappa shape index (κ2) is 6.20. The van der Waals surface area contributed by atoms with Crippen LogP contribution < -0.4 is 0 Å². The molecule has 2 unspecified atom stereocenters. The Bertz CT molecular complexity index is 737. The molecular formula is C16H14F3N3O2. The van der Waals surface area contributed by atoms with Crippen LogP contribution in [-0.2, 0) is 6.18 Å². The largest absolute Gasteiger partial charge is 0.416 e. The number of hydrogen-bond donors (Lipinski definition) is 1. The van der Waals surface area contributed by atoms with E-state index in [1.807, 2.05) is 0 Å². The van der Waals surface area contributed by atoms with Gasteiger partial charge in [-0.1, -0.05) is 12.1 Å². The summed E-state index contributed by atoms with van der Waals surface area (Å²) in [6.07, 6.45) is -1.12. The van der Waals surface area contributed by atoms with Gasteiger partial charge in [0.1, 0.15) is 6.33 Å². The SMILES string of the molecule is O=C(c1cncnc1)N1CC(O)CC1c1cccc(C(F)(F)F)c1. The smallest absolute Gasteiger partial charge is 0.391 e. The number of hydrogen-bond acceptors (Lipinski definition) is 4. The number of nitrogens with zero attached hydrogens (tertiary/aromatic N) is 3. The van der Waals surface area contributed by atoms with Crippen molar-refractivity contribution in [3.05, 3.63) is 59.7 Å². The first-order chi connectivity index (χ1) is 11.4. The molecule has 0 bridgehead atoms. The van der Waals surface area contributed by atoms with Gasteiger partial charge in [0.15, 0.2) is 0 Å². The topological polar surface area (TPSA) is 66.3 Å². The van der Waals surface area contributed by atoms with Gasteiger partial charge in [-0.3, -0.25) is 4.79 Å². The molecule has 1 aliphatic rings. The molecule has 1 N–H and O–H groups in total. The molecule has 1 saturated heterocycles. The molecule has 3 rings (SSSR count). The molecule has 1 amide bonds. The number of rotatable bonds is 2. The van der Waals surface area contributed by atoms with Gasteiger partial charge in [0.25, 0.3) is 5.91 Å². The third-order valence-corrected chi connectivity index (χ3v) is 3.95. The summed E-state index contributed by atoms with van der Waals surface area (Å²) in [6.45, 7) is 0.0502. The van der Waals surface area contributed by atoms with Gasteiger partial charge in [-0.25, -0.2) is 9.97 Å². The standard InChI is InChI=1S/C16H14F3N3O2/c17-16(18,19)12-3-1-2-10(4-12)14-5-13(23)8-22(14)15(24)11-6-20-9-21-7-11/h1-4,6-7,9,13-14,23H,5,8H2. The lowest BCUT2D eigenvalue weighted by Gasteiger charge is -2.25. The zero-order valence-corrected chi connectivity index (χ0v) is 12.4. The summed E-state index contributed by atoms with van der Waals surface area (Å²) in [7, 11) is 0. The van der Waals surface area contributed by atoms with Crippen molar-refractivity contribution in [2.75, 3.05) is 6.54 Å². The maximum Gasteiger partial charge on any atom is 0.416 e. The molecule has 5 nitrogen and oxygen atoms in total. The highest BCUT2D eigenvalue weighted by atomic mass is 19.4. The highest BCUT2D eigenvalue weighted by Gasteiger charge is 2.37. The van der Waals surface area contributed by atoms with Crippen LogP contribution >= 0.6 is 0 Å². The number of amides is 1. The first kappa shape index (κ1) is 16.4. The number of β-amino-alcohol motifs (C(OH)–C–C–N with tert-alkyl or cyclic N) is 1. The van der Waals surface area contributed by atoms with Crippen LogP contribution in [0.25, 0.3) is 0 Å². The molecule has 0 radical (unpaired) electrons. The lowest BCUT2D eigenvalue weighted by atomic mass is 10.0. The zero-order chi connectivity index (χ0) is 17.3. The van der Waals surface area contributed by atoms with Crippen LogP contribution in [0.4, 0.5) is 13.2 Å². The van der Waals surface area contributed by atoms with Gasteiger partial charge in [0, 0.05) is 18.9 Å². The van der Waals surface area contributed by atoms with Gasteiger partial charge in [-0.2, -0.15) is 13.2 Å². The van der Waals surface area contributed by atoms with E-state index < -0.39 is 29.8 Å². The quantitative estimate of drug-likeness (QED) is 0.914. The van der Waals surface area contributed by atoms with Crippen molar-refractivity contribution < 1.29 is 23.1 Å². The first-order valence-corrected chi connectivity index (χ1v) is 7.27. The number of alkyl halides is 3. The van der Waals surface area contributed by atoms with Gasteiger partial charge in [0.2, 0.25) is 0 Å². The highest BCUT2D eigenvalue weighted by molar-refractivity contribution is 5.94. The van der Waals surface area contributed by atoms with Crippen LogP contribution in [0.3, 0.4) is 0 Å². The molecule has 1 aromatic carbocycles. The molecule has 24 heavy (non-hydrogen) atoms. The molecule has 126 valence electrons. The number of carbonyl (C=O) groups is 1. The fourth-order valence-corrected chi connectivity index (χ4v) is 2.85. The molecule has 1 fully saturated rings. The number of halogens is 3. The molecule has 1 aliphatic heterocycles. The first-order valence-electron chi connectivity index (χ1n) is 7.27. The van der Waals surface area contributed by atoms with E-state index in [-0.39, 0.29) is 18.5 Å². The van der Waals surface area contributed by atoms with E-state index in [0.717, 1.165) is 12.1 Å². The van der Waals surface area contributed by atoms with Crippen LogP contribution in [0.15, 0.2) is 43.0 Å². The van der Waals surface area contributed by atoms with Gasteiger partial charge in [-0.15, -0.1) is 0 Å². The lowest BCUT2D eigenvalue weighted by Crippen LogP contribution is -2.32. The van der Waals surface area contributed by atoms with Crippen molar-refractivity contribution in [2.24, 2.45) is 0 Å². The Labute approximate surface area is 135 Å². The highest BCUT2D eigenvalue weighted by Crippen LogP contribution is 2.36. The predicted octanol–water partition coefficient (Wildman–Crippen LogP) is 2.44. The summed E-state index contributed by atoms with van der Waals surface area (Å²) < 4.78 is 38.7. The summed E-state index contributed by atoms with van der Waals surface area (Å²) >= 11 is 0. The molecule has 2 aromatic rings. The Morgan fingerprint density at radius 2 is 1.96 bits per heavy atom.